The first-order chi connectivity index (χ1) is 12.2. The number of aryl methyl sites for hydroxylation is 1. The molecule has 0 saturated carbocycles. The highest BCUT2D eigenvalue weighted by Crippen LogP contribution is 2.30. The van der Waals surface area contributed by atoms with Gasteiger partial charge in [0.2, 0.25) is 0 Å². The number of aromatic nitrogens is 1. The van der Waals surface area contributed by atoms with Crippen molar-refractivity contribution in [2.45, 2.75) is 6.92 Å². The number of methoxy groups -OCH3 is 1. The summed E-state index contributed by atoms with van der Waals surface area (Å²) in [4.78, 5) is 17.7. The van der Waals surface area contributed by atoms with Crippen LogP contribution in [0.1, 0.15) is 4.88 Å². The van der Waals surface area contributed by atoms with Crippen LogP contribution in [0.15, 0.2) is 54.6 Å². The highest BCUT2D eigenvalue weighted by atomic mass is 32.1. The van der Waals surface area contributed by atoms with Crippen LogP contribution in [0, 0.1) is 6.92 Å². The lowest BCUT2D eigenvalue weighted by Gasteiger charge is -2.07. The van der Waals surface area contributed by atoms with Crippen molar-refractivity contribution in [3.8, 4) is 22.8 Å². The SMILES string of the molecule is COc1cccc(OCC(=O)Nc2nc(-c3ccccc3)c(C)s2)c1. The summed E-state index contributed by atoms with van der Waals surface area (Å²) >= 11 is 1.45. The number of ether oxygens (including phenoxy) is 2. The van der Waals surface area contributed by atoms with E-state index in [1.165, 1.54) is 11.3 Å². The number of rotatable bonds is 6. The van der Waals surface area contributed by atoms with Gasteiger partial charge in [0.25, 0.3) is 5.91 Å². The van der Waals surface area contributed by atoms with Gasteiger partial charge in [0.05, 0.1) is 12.8 Å². The summed E-state index contributed by atoms with van der Waals surface area (Å²) in [6.45, 7) is 1.90. The predicted molar refractivity (Wildman–Crippen MR) is 99.4 cm³/mol. The zero-order chi connectivity index (χ0) is 17.6. The molecule has 1 aromatic heterocycles. The molecular formula is C19H18N2O3S. The van der Waals surface area contributed by atoms with Crippen molar-refractivity contribution in [3.63, 3.8) is 0 Å². The third kappa shape index (κ3) is 4.36. The topological polar surface area (TPSA) is 60.5 Å². The molecule has 0 atom stereocenters. The number of amides is 1. The average Bonchev–Trinajstić information content (AvgIpc) is 3.01. The van der Waals surface area contributed by atoms with Gasteiger partial charge in [-0.1, -0.05) is 36.4 Å². The lowest BCUT2D eigenvalue weighted by Crippen LogP contribution is -2.20. The summed E-state index contributed by atoms with van der Waals surface area (Å²) in [6.07, 6.45) is 0. The fraction of sp³-hybridized carbons (Fsp3) is 0.158. The molecule has 25 heavy (non-hydrogen) atoms. The quantitative estimate of drug-likeness (QED) is 0.722. The minimum absolute atomic E-state index is 0.0908. The number of thiazole rings is 1. The molecule has 0 aliphatic heterocycles. The molecule has 128 valence electrons. The molecule has 0 unspecified atom stereocenters. The molecular weight excluding hydrogens is 336 g/mol. The van der Waals surface area contributed by atoms with Crippen molar-refractivity contribution in [1.82, 2.24) is 4.98 Å². The number of nitrogens with one attached hydrogen (secondary N) is 1. The molecule has 1 heterocycles. The second kappa shape index (κ2) is 7.81. The number of anilines is 1. The molecule has 5 nitrogen and oxygen atoms in total. The fourth-order valence-corrected chi connectivity index (χ4v) is 3.16. The van der Waals surface area contributed by atoms with E-state index in [1.54, 1.807) is 19.2 Å². The average molecular weight is 354 g/mol. The van der Waals surface area contributed by atoms with Crippen molar-refractivity contribution in [2.75, 3.05) is 19.0 Å². The van der Waals surface area contributed by atoms with Crippen LogP contribution in [-0.4, -0.2) is 24.6 Å². The van der Waals surface area contributed by atoms with Gasteiger partial charge >= 0.3 is 0 Å². The molecule has 0 bridgehead atoms. The third-order valence-electron chi connectivity index (χ3n) is 3.50. The molecule has 0 fully saturated rings. The van der Waals surface area contributed by atoms with Crippen LogP contribution in [0.5, 0.6) is 11.5 Å². The van der Waals surface area contributed by atoms with Crippen LogP contribution in [0.25, 0.3) is 11.3 Å². The van der Waals surface area contributed by atoms with E-state index in [-0.39, 0.29) is 12.5 Å². The first kappa shape index (κ1) is 17.0. The summed E-state index contributed by atoms with van der Waals surface area (Å²) in [6, 6.07) is 17.0. The van der Waals surface area contributed by atoms with Crippen LogP contribution >= 0.6 is 11.3 Å². The molecule has 0 radical (unpaired) electrons. The van der Waals surface area contributed by atoms with E-state index in [0.29, 0.717) is 16.6 Å². The van der Waals surface area contributed by atoms with Crippen LogP contribution in [0.3, 0.4) is 0 Å². The van der Waals surface area contributed by atoms with E-state index in [1.807, 2.05) is 49.4 Å². The van der Waals surface area contributed by atoms with E-state index in [2.05, 4.69) is 10.3 Å². The van der Waals surface area contributed by atoms with Crippen molar-refractivity contribution in [2.24, 2.45) is 0 Å². The van der Waals surface area contributed by atoms with Gasteiger partial charge in [-0.05, 0) is 19.1 Å². The van der Waals surface area contributed by atoms with Gasteiger partial charge in [0.1, 0.15) is 11.5 Å². The Morgan fingerprint density at radius 2 is 1.88 bits per heavy atom. The Morgan fingerprint density at radius 3 is 2.64 bits per heavy atom. The van der Waals surface area contributed by atoms with E-state index >= 15 is 0 Å². The molecule has 0 aliphatic carbocycles. The number of hydrogen-bond donors (Lipinski definition) is 1. The van der Waals surface area contributed by atoms with Crippen LogP contribution in [0.4, 0.5) is 5.13 Å². The summed E-state index contributed by atoms with van der Waals surface area (Å²) in [5, 5.41) is 3.35. The molecule has 0 spiro atoms. The summed E-state index contributed by atoms with van der Waals surface area (Å²) in [7, 11) is 1.58. The van der Waals surface area contributed by atoms with Crippen molar-refractivity contribution >= 4 is 22.4 Å². The largest absolute Gasteiger partial charge is 0.497 e. The van der Waals surface area contributed by atoms with Gasteiger partial charge in [-0.3, -0.25) is 10.1 Å². The molecule has 2 aromatic carbocycles. The minimum Gasteiger partial charge on any atom is -0.497 e. The van der Waals surface area contributed by atoms with Gasteiger partial charge in [-0.15, -0.1) is 11.3 Å². The molecule has 0 aliphatic rings. The Balaban J connectivity index is 1.61. The monoisotopic (exact) mass is 354 g/mol. The molecule has 6 heteroatoms. The molecule has 1 N–H and O–H groups in total. The first-order valence-electron chi connectivity index (χ1n) is 7.75. The Hall–Kier alpha value is -2.86. The lowest BCUT2D eigenvalue weighted by atomic mass is 10.1. The molecule has 3 aromatic rings. The van der Waals surface area contributed by atoms with Gasteiger partial charge < -0.3 is 9.47 Å². The highest BCUT2D eigenvalue weighted by Gasteiger charge is 2.12. The van der Waals surface area contributed by atoms with Gasteiger partial charge in [-0.2, -0.15) is 0 Å². The lowest BCUT2D eigenvalue weighted by molar-refractivity contribution is -0.118. The minimum atomic E-state index is -0.254. The van der Waals surface area contributed by atoms with Crippen LogP contribution < -0.4 is 14.8 Å². The Labute approximate surface area is 150 Å². The summed E-state index contributed by atoms with van der Waals surface area (Å²) < 4.78 is 10.6. The van der Waals surface area contributed by atoms with Crippen LogP contribution in [0.2, 0.25) is 0 Å². The number of hydrogen-bond acceptors (Lipinski definition) is 5. The third-order valence-corrected chi connectivity index (χ3v) is 4.39. The molecule has 1 amide bonds. The van der Waals surface area contributed by atoms with Crippen molar-refractivity contribution in [3.05, 3.63) is 59.5 Å². The Bertz CT molecular complexity index is 862. The van der Waals surface area contributed by atoms with E-state index in [4.69, 9.17) is 9.47 Å². The standard InChI is InChI=1S/C19H18N2O3S/c1-13-18(14-7-4-3-5-8-14)21-19(25-13)20-17(22)12-24-16-10-6-9-15(11-16)23-2/h3-11H,12H2,1-2H3,(H,20,21,22). The highest BCUT2D eigenvalue weighted by molar-refractivity contribution is 7.16. The maximum Gasteiger partial charge on any atom is 0.264 e. The summed E-state index contributed by atoms with van der Waals surface area (Å²) in [5.41, 5.74) is 1.92. The number of carbonyl (C=O) groups is 1. The number of benzene rings is 2. The number of nitrogens with zero attached hydrogens (tertiary/aromatic N) is 1. The molecule has 0 saturated heterocycles. The summed E-state index contributed by atoms with van der Waals surface area (Å²) in [5.74, 6) is 1.01. The van der Waals surface area contributed by atoms with E-state index in [0.717, 1.165) is 16.1 Å². The Kier molecular flexibility index (Phi) is 5.30. The number of carbonyl (C=O) groups excluding carboxylic acids is 1. The smallest absolute Gasteiger partial charge is 0.264 e. The van der Waals surface area contributed by atoms with E-state index < -0.39 is 0 Å². The molecule has 3 rings (SSSR count). The fourth-order valence-electron chi connectivity index (χ4n) is 2.31. The van der Waals surface area contributed by atoms with Gasteiger partial charge in [0, 0.05) is 16.5 Å². The second-order valence-electron chi connectivity index (χ2n) is 5.31. The maximum atomic E-state index is 12.1. The van der Waals surface area contributed by atoms with Crippen molar-refractivity contribution in [1.29, 1.82) is 0 Å². The normalized spacial score (nSPS) is 10.3. The first-order valence-corrected chi connectivity index (χ1v) is 8.57. The van der Waals surface area contributed by atoms with Crippen LogP contribution in [-0.2, 0) is 4.79 Å². The zero-order valence-electron chi connectivity index (χ0n) is 14.0. The van der Waals surface area contributed by atoms with Crippen molar-refractivity contribution < 1.29 is 14.3 Å². The zero-order valence-corrected chi connectivity index (χ0v) is 14.8. The van der Waals surface area contributed by atoms with Gasteiger partial charge in [-0.25, -0.2) is 4.98 Å². The van der Waals surface area contributed by atoms with Gasteiger partial charge in [0.15, 0.2) is 11.7 Å². The predicted octanol–water partition coefficient (Wildman–Crippen LogP) is 4.14. The maximum absolute atomic E-state index is 12.1. The Morgan fingerprint density at radius 1 is 1.12 bits per heavy atom. The van der Waals surface area contributed by atoms with E-state index in [9.17, 15) is 4.79 Å². The second-order valence-corrected chi connectivity index (χ2v) is 6.51.